The van der Waals surface area contributed by atoms with E-state index in [4.69, 9.17) is 4.74 Å². The van der Waals surface area contributed by atoms with E-state index in [-0.39, 0.29) is 6.10 Å². The molecule has 0 aromatic heterocycles. The molecule has 2 atom stereocenters. The lowest BCUT2D eigenvalue weighted by Gasteiger charge is -2.34. The summed E-state index contributed by atoms with van der Waals surface area (Å²) in [6.07, 6.45) is 8.90. The van der Waals surface area contributed by atoms with Gasteiger partial charge in [-0.05, 0) is 44.2 Å². The van der Waals surface area contributed by atoms with Gasteiger partial charge in [0.05, 0.1) is 12.7 Å². The standard InChI is InChI=1S/C17H34N2O2/c1-21-10-8-18-12-16-7-4-9-19(13-16)14-17(20)11-15-5-2-3-6-15/h15-18,20H,2-14H2,1H3. The number of β-amino-alcohol motifs (C(OH)–C–C–N with tert-alkyl or cyclic N) is 1. The molecule has 0 spiro atoms. The molecule has 2 aliphatic rings. The Balaban J connectivity index is 1.61. The van der Waals surface area contributed by atoms with Gasteiger partial charge in [0, 0.05) is 26.7 Å². The fraction of sp³-hybridized carbons (Fsp3) is 1.00. The molecular weight excluding hydrogens is 264 g/mol. The van der Waals surface area contributed by atoms with Gasteiger partial charge in [0.15, 0.2) is 0 Å². The molecule has 0 aromatic rings. The van der Waals surface area contributed by atoms with E-state index in [2.05, 4.69) is 10.2 Å². The fourth-order valence-corrected chi connectivity index (χ4v) is 3.97. The summed E-state index contributed by atoms with van der Waals surface area (Å²) < 4.78 is 5.06. The fourth-order valence-electron chi connectivity index (χ4n) is 3.97. The van der Waals surface area contributed by atoms with Crippen molar-refractivity contribution in [1.82, 2.24) is 10.2 Å². The lowest BCUT2D eigenvalue weighted by Crippen LogP contribution is -2.43. The highest BCUT2D eigenvalue weighted by Crippen LogP contribution is 2.29. The molecule has 4 heteroatoms. The second-order valence-corrected chi connectivity index (χ2v) is 7.00. The zero-order valence-corrected chi connectivity index (χ0v) is 13.7. The van der Waals surface area contributed by atoms with E-state index in [1.165, 1.54) is 38.5 Å². The molecule has 1 aliphatic heterocycles. The third-order valence-corrected chi connectivity index (χ3v) is 5.07. The Kier molecular flexibility index (Phi) is 8.01. The summed E-state index contributed by atoms with van der Waals surface area (Å²) in [5.41, 5.74) is 0. The number of ether oxygens (including phenoxy) is 1. The van der Waals surface area contributed by atoms with Crippen LogP contribution in [0.3, 0.4) is 0 Å². The average Bonchev–Trinajstić information content (AvgIpc) is 2.97. The smallest absolute Gasteiger partial charge is 0.0669 e. The summed E-state index contributed by atoms with van der Waals surface area (Å²) in [5, 5.41) is 13.8. The number of aliphatic hydroxyl groups is 1. The molecule has 1 heterocycles. The first-order valence-corrected chi connectivity index (χ1v) is 8.88. The van der Waals surface area contributed by atoms with Crippen LogP contribution in [0.25, 0.3) is 0 Å². The third-order valence-electron chi connectivity index (χ3n) is 5.07. The van der Waals surface area contributed by atoms with Crippen molar-refractivity contribution < 1.29 is 9.84 Å². The number of hydrogen-bond acceptors (Lipinski definition) is 4. The molecule has 2 fully saturated rings. The van der Waals surface area contributed by atoms with Crippen LogP contribution < -0.4 is 5.32 Å². The van der Waals surface area contributed by atoms with E-state index in [9.17, 15) is 5.11 Å². The topological polar surface area (TPSA) is 44.7 Å². The van der Waals surface area contributed by atoms with E-state index in [1.807, 2.05) is 0 Å². The van der Waals surface area contributed by atoms with Crippen molar-refractivity contribution in [2.24, 2.45) is 11.8 Å². The van der Waals surface area contributed by atoms with Gasteiger partial charge in [0.1, 0.15) is 0 Å². The molecular formula is C17H34N2O2. The third kappa shape index (κ3) is 6.64. The first-order chi connectivity index (χ1) is 10.3. The van der Waals surface area contributed by atoms with Crippen LogP contribution in [0.1, 0.15) is 44.9 Å². The monoisotopic (exact) mass is 298 g/mol. The van der Waals surface area contributed by atoms with Gasteiger partial charge in [0.25, 0.3) is 0 Å². The average molecular weight is 298 g/mol. The first-order valence-electron chi connectivity index (χ1n) is 8.88. The Morgan fingerprint density at radius 1 is 1.19 bits per heavy atom. The summed E-state index contributed by atoms with van der Waals surface area (Å²) in [7, 11) is 1.75. The number of piperidine rings is 1. The molecule has 0 aromatic carbocycles. The highest BCUT2D eigenvalue weighted by atomic mass is 16.5. The molecule has 2 N–H and O–H groups in total. The number of aliphatic hydroxyl groups excluding tert-OH is 1. The van der Waals surface area contributed by atoms with E-state index < -0.39 is 0 Å². The maximum atomic E-state index is 10.3. The SMILES string of the molecule is COCCNCC1CCCN(CC(O)CC2CCCC2)C1. The van der Waals surface area contributed by atoms with Gasteiger partial charge in [-0.1, -0.05) is 25.7 Å². The predicted octanol–water partition coefficient (Wildman–Crippen LogP) is 1.88. The number of rotatable bonds is 9. The van der Waals surface area contributed by atoms with Crippen molar-refractivity contribution in [2.75, 3.05) is 46.4 Å². The minimum Gasteiger partial charge on any atom is -0.392 e. The van der Waals surface area contributed by atoms with Crippen LogP contribution in [-0.4, -0.2) is 62.6 Å². The van der Waals surface area contributed by atoms with Gasteiger partial charge in [-0.15, -0.1) is 0 Å². The van der Waals surface area contributed by atoms with E-state index in [1.54, 1.807) is 7.11 Å². The summed E-state index contributed by atoms with van der Waals surface area (Å²) in [6, 6.07) is 0. The second-order valence-electron chi connectivity index (χ2n) is 7.00. The highest BCUT2D eigenvalue weighted by Gasteiger charge is 2.24. The van der Waals surface area contributed by atoms with Crippen LogP contribution in [0.2, 0.25) is 0 Å². The lowest BCUT2D eigenvalue weighted by atomic mass is 9.96. The summed E-state index contributed by atoms with van der Waals surface area (Å²) in [4.78, 5) is 2.48. The molecule has 124 valence electrons. The number of methoxy groups -OCH3 is 1. The van der Waals surface area contributed by atoms with Crippen LogP contribution in [0.5, 0.6) is 0 Å². The van der Waals surface area contributed by atoms with Gasteiger partial charge in [-0.2, -0.15) is 0 Å². The summed E-state index contributed by atoms with van der Waals surface area (Å²) in [5.74, 6) is 1.52. The van der Waals surface area contributed by atoms with Crippen molar-refractivity contribution in [3.63, 3.8) is 0 Å². The van der Waals surface area contributed by atoms with Crippen molar-refractivity contribution in [3.05, 3.63) is 0 Å². The number of nitrogens with zero attached hydrogens (tertiary/aromatic N) is 1. The molecule has 0 radical (unpaired) electrons. The Bertz CT molecular complexity index is 270. The maximum Gasteiger partial charge on any atom is 0.0669 e. The van der Waals surface area contributed by atoms with Crippen LogP contribution in [-0.2, 0) is 4.74 Å². The van der Waals surface area contributed by atoms with Crippen LogP contribution >= 0.6 is 0 Å². The largest absolute Gasteiger partial charge is 0.392 e. The summed E-state index contributed by atoms with van der Waals surface area (Å²) >= 11 is 0. The Morgan fingerprint density at radius 3 is 2.71 bits per heavy atom. The zero-order valence-electron chi connectivity index (χ0n) is 13.7. The number of likely N-dealkylation sites (tertiary alicyclic amines) is 1. The normalized spacial score (nSPS) is 26.3. The molecule has 0 amide bonds. The Hall–Kier alpha value is -0.160. The lowest BCUT2D eigenvalue weighted by molar-refractivity contribution is 0.0686. The van der Waals surface area contributed by atoms with Gasteiger partial charge in [0.2, 0.25) is 0 Å². The van der Waals surface area contributed by atoms with Crippen molar-refractivity contribution in [2.45, 2.75) is 51.0 Å². The van der Waals surface area contributed by atoms with E-state index in [0.717, 1.165) is 57.6 Å². The molecule has 1 saturated heterocycles. The number of nitrogens with one attached hydrogen (secondary N) is 1. The predicted molar refractivity (Wildman–Crippen MR) is 86.5 cm³/mol. The molecule has 4 nitrogen and oxygen atoms in total. The molecule has 2 rings (SSSR count). The quantitative estimate of drug-likeness (QED) is 0.638. The Labute approximate surface area is 130 Å². The van der Waals surface area contributed by atoms with Gasteiger partial charge in [-0.3, -0.25) is 0 Å². The minimum atomic E-state index is -0.117. The molecule has 2 unspecified atom stereocenters. The van der Waals surface area contributed by atoms with Gasteiger partial charge >= 0.3 is 0 Å². The molecule has 0 bridgehead atoms. The van der Waals surface area contributed by atoms with E-state index >= 15 is 0 Å². The first kappa shape index (κ1) is 17.2. The van der Waals surface area contributed by atoms with Crippen molar-refractivity contribution in [1.29, 1.82) is 0 Å². The highest BCUT2D eigenvalue weighted by molar-refractivity contribution is 4.78. The Morgan fingerprint density at radius 2 is 1.95 bits per heavy atom. The zero-order chi connectivity index (χ0) is 14.9. The van der Waals surface area contributed by atoms with Crippen LogP contribution in [0.4, 0.5) is 0 Å². The summed E-state index contributed by atoms with van der Waals surface area (Å²) in [6.45, 7) is 6.00. The minimum absolute atomic E-state index is 0.117. The molecule has 1 aliphatic carbocycles. The maximum absolute atomic E-state index is 10.3. The van der Waals surface area contributed by atoms with E-state index in [0.29, 0.717) is 0 Å². The van der Waals surface area contributed by atoms with Gasteiger partial charge in [-0.25, -0.2) is 0 Å². The van der Waals surface area contributed by atoms with Gasteiger partial charge < -0.3 is 20.1 Å². The number of hydrogen-bond donors (Lipinski definition) is 2. The van der Waals surface area contributed by atoms with Crippen molar-refractivity contribution >= 4 is 0 Å². The molecule has 1 saturated carbocycles. The second kappa shape index (κ2) is 9.78. The van der Waals surface area contributed by atoms with Crippen LogP contribution in [0, 0.1) is 11.8 Å². The van der Waals surface area contributed by atoms with Crippen molar-refractivity contribution in [3.8, 4) is 0 Å². The molecule has 21 heavy (non-hydrogen) atoms. The van der Waals surface area contributed by atoms with Crippen LogP contribution in [0.15, 0.2) is 0 Å².